The summed E-state index contributed by atoms with van der Waals surface area (Å²) in [7, 11) is 0. The van der Waals surface area contributed by atoms with Crippen LogP contribution < -0.4 is 0 Å². The van der Waals surface area contributed by atoms with Gasteiger partial charge in [-0.2, -0.15) is 5.26 Å². The third kappa shape index (κ3) is 3.67. The van der Waals surface area contributed by atoms with Gasteiger partial charge in [-0.1, -0.05) is 13.8 Å². The first-order chi connectivity index (χ1) is 7.65. The van der Waals surface area contributed by atoms with E-state index in [0.29, 0.717) is 11.5 Å². The van der Waals surface area contributed by atoms with Crippen molar-refractivity contribution in [3.8, 4) is 5.40 Å². The minimum absolute atomic E-state index is 0.0163. The Balaban J connectivity index is 2.80. The Hall–Kier alpha value is -1.34. The number of Topliss-reactive ketones (excluding diaryl/α,β-unsaturated/α-hetero) is 1. The molecule has 0 fully saturated rings. The molecular weight excluding hydrogens is 220 g/mol. The Morgan fingerprint density at radius 2 is 2.12 bits per heavy atom. The number of thiocyanates is 1. The quantitative estimate of drug-likeness (QED) is 0.580. The second-order valence-electron chi connectivity index (χ2n) is 3.93. The van der Waals surface area contributed by atoms with Crippen LogP contribution in [0.4, 0.5) is 0 Å². The Morgan fingerprint density at radius 3 is 2.62 bits per heavy atom. The number of ketones is 1. The second kappa shape index (κ2) is 6.29. The summed E-state index contributed by atoms with van der Waals surface area (Å²) in [5, 5.41) is 10.4. The van der Waals surface area contributed by atoms with Crippen LogP contribution in [0.25, 0.3) is 0 Å². The number of aromatic nitrogens is 1. The van der Waals surface area contributed by atoms with Crippen molar-refractivity contribution in [1.82, 2.24) is 4.98 Å². The lowest BCUT2D eigenvalue weighted by atomic mass is 10.0. The molecule has 0 aliphatic carbocycles. The second-order valence-corrected chi connectivity index (χ2v) is 4.91. The van der Waals surface area contributed by atoms with Crippen molar-refractivity contribution in [2.24, 2.45) is 5.92 Å². The first-order valence-electron chi connectivity index (χ1n) is 5.14. The van der Waals surface area contributed by atoms with Crippen molar-refractivity contribution < 1.29 is 4.79 Å². The molecule has 84 valence electrons. The first kappa shape index (κ1) is 12.7. The number of carbonyl (C=O) groups is 1. The molecule has 0 spiro atoms. The van der Waals surface area contributed by atoms with E-state index in [2.05, 4.69) is 4.98 Å². The average Bonchev–Trinajstić information content (AvgIpc) is 2.28. The third-order valence-electron chi connectivity index (χ3n) is 2.14. The van der Waals surface area contributed by atoms with E-state index in [0.717, 1.165) is 18.2 Å². The number of hydrogen-bond donors (Lipinski definition) is 0. The topological polar surface area (TPSA) is 53.8 Å². The van der Waals surface area contributed by atoms with Crippen LogP contribution >= 0.6 is 11.8 Å². The molecule has 0 N–H and O–H groups in total. The Kier molecular flexibility index (Phi) is 5.00. The number of thioether (sulfide) groups is 1. The van der Waals surface area contributed by atoms with Gasteiger partial charge in [0, 0.05) is 18.0 Å². The van der Waals surface area contributed by atoms with Gasteiger partial charge in [-0.25, -0.2) is 0 Å². The fraction of sp³-hybridized carbons (Fsp3) is 0.417. The molecule has 1 aromatic rings. The van der Waals surface area contributed by atoms with E-state index in [-0.39, 0.29) is 11.0 Å². The predicted molar refractivity (Wildman–Crippen MR) is 65.0 cm³/mol. The van der Waals surface area contributed by atoms with Crippen LogP contribution in [0.5, 0.6) is 0 Å². The molecule has 0 aliphatic heterocycles. The Morgan fingerprint density at radius 1 is 1.50 bits per heavy atom. The number of nitriles is 1. The molecule has 16 heavy (non-hydrogen) atoms. The summed E-state index contributed by atoms with van der Waals surface area (Å²) in [6.07, 6.45) is 3.91. The molecule has 1 heterocycles. The van der Waals surface area contributed by atoms with E-state index in [1.54, 1.807) is 24.5 Å². The van der Waals surface area contributed by atoms with Crippen LogP contribution in [0.2, 0.25) is 0 Å². The first-order valence-corrected chi connectivity index (χ1v) is 6.02. The molecule has 4 heteroatoms. The summed E-state index contributed by atoms with van der Waals surface area (Å²) in [5.41, 5.74) is 0.628. The van der Waals surface area contributed by atoms with Crippen LogP contribution in [-0.2, 0) is 0 Å². The van der Waals surface area contributed by atoms with E-state index in [4.69, 9.17) is 5.26 Å². The highest BCUT2D eigenvalue weighted by Crippen LogP contribution is 2.22. The molecule has 3 nitrogen and oxygen atoms in total. The van der Waals surface area contributed by atoms with Crippen LogP contribution in [0.1, 0.15) is 30.6 Å². The largest absolute Gasteiger partial charge is 0.293 e. The molecule has 0 bridgehead atoms. The lowest BCUT2D eigenvalue weighted by Gasteiger charge is -2.13. The van der Waals surface area contributed by atoms with Crippen molar-refractivity contribution >= 4 is 17.5 Å². The maximum atomic E-state index is 12.1. The Bertz CT molecular complexity index is 384. The van der Waals surface area contributed by atoms with Crippen LogP contribution in [0.3, 0.4) is 0 Å². The predicted octanol–water partition coefficient (Wildman–Crippen LogP) is 2.89. The van der Waals surface area contributed by atoms with Gasteiger partial charge < -0.3 is 0 Å². The summed E-state index contributed by atoms with van der Waals surface area (Å²) >= 11 is 1.04. The zero-order chi connectivity index (χ0) is 12.0. The normalized spacial score (nSPS) is 12.1. The minimum atomic E-state index is -0.271. The fourth-order valence-electron chi connectivity index (χ4n) is 1.40. The average molecular weight is 234 g/mol. The number of hydrogen-bond acceptors (Lipinski definition) is 4. The lowest BCUT2D eigenvalue weighted by molar-refractivity contribution is 0.0982. The zero-order valence-corrected chi connectivity index (χ0v) is 10.2. The third-order valence-corrected chi connectivity index (χ3v) is 2.93. The molecule has 0 radical (unpaired) electrons. The summed E-state index contributed by atoms with van der Waals surface area (Å²) in [4.78, 5) is 15.9. The molecule has 1 atom stereocenters. The number of nitrogens with zero attached hydrogens (tertiary/aromatic N) is 2. The highest BCUT2D eigenvalue weighted by Gasteiger charge is 2.21. The summed E-state index contributed by atoms with van der Waals surface area (Å²) in [5.74, 6) is 0.416. The molecule has 0 aliphatic rings. The zero-order valence-electron chi connectivity index (χ0n) is 9.38. The van der Waals surface area contributed by atoms with E-state index in [9.17, 15) is 4.79 Å². The van der Waals surface area contributed by atoms with Gasteiger partial charge >= 0.3 is 0 Å². The molecule has 0 aromatic carbocycles. The fourth-order valence-corrected chi connectivity index (χ4v) is 2.25. The molecule has 1 aromatic heterocycles. The van der Waals surface area contributed by atoms with Crippen LogP contribution in [-0.4, -0.2) is 16.0 Å². The van der Waals surface area contributed by atoms with E-state index >= 15 is 0 Å². The smallest absolute Gasteiger partial charge is 0.176 e. The van der Waals surface area contributed by atoms with Gasteiger partial charge in [-0.05, 0) is 36.2 Å². The van der Waals surface area contributed by atoms with E-state index in [1.807, 2.05) is 19.2 Å². The van der Waals surface area contributed by atoms with Crippen molar-refractivity contribution in [2.45, 2.75) is 25.5 Å². The number of rotatable bonds is 5. The Labute approximate surface area is 99.9 Å². The van der Waals surface area contributed by atoms with Crippen molar-refractivity contribution in [3.05, 3.63) is 30.1 Å². The summed E-state index contributed by atoms with van der Waals surface area (Å²) in [6, 6.07) is 3.38. The number of pyridine rings is 1. The molecule has 0 saturated heterocycles. The molecule has 0 saturated carbocycles. The minimum Gasteiger partial charge on any atom is -0.293 e. The van der Waals surface area contributed by atoms with Crippen molar-refractivity contribution in [2.75, 3.05) is 0 Å². The van der Waals surface area contributed by atoms with Gasteiger partial charge in [0.15, 0.2) is 5.78 Å². The van der Waals surface area contributed by atoms with Crippen molar-refractivity contribution in [1.29, 1.82) is 5.26 Å². The monoisotopic (exact) mass is 234 g/mol. The molecule has 1 rings (SSSR count). The van der Waals surface area contributed by atoms with Gasteiger partial charge in [0.2, 0.25) is 0 Å². The molecule has 1 unspecified atom stereocenters. The van der Waals surface area contributed by atoms with Gasteiger partial charge in [0.1, 0.15) is 5.40 Å². The summed E-state index contributed by atoms with van der Waals surface area (Å²) in [6.45, 7) is 4.09. The number of carbonyl (C=O) groups excluding carboxylic acids is 1. The SMILES string of the molecule is CC(C)CC(SC#N)C(=O)c1ccncc1. The van der Waals surface area contributed by atoms with Gasteiger partial charge in [0.25, 0.3) is 0 Å². The maximum Gasteiger partial charge on any atom is 0.176 e. The molecular formula is C12H14N2OS. The highest BCUT2D eigenvalue weighted by molar-refractivity contribution is 8.05. The van der Waals surface area contributed by atoms with Gasteiger partial charge in [0.05, 0.1) is 5.25 Å². The van der Waals surface area contributed by atoms with Gasteiger partial charge in [-0.3, -0.25) is 9.78 Å². The lowest BCUT2D eigenvalue weighted by Crippen LogP contribution is -2.19. The van der Waals surface area contributed by atoms with E-state index in [1.165, 1.54) is 0 Å². The maximum absolute atomic E-state index is 12.1. The van der Waals surface area contributed by atoms with Crippen LogP contribution in [0, 0.1) is 16.6 Å². The highest BCUT2D eigenvalue weighted by atomic mass is 32.2. The van der Waals surface area contributed by atoms with E-state index < -0.39 is 0 Å². The van der Waals surface area contributed by atoms with Gasteiger partial charge in [-0.15, -0.1) is 0 Å². The van der Waals surface area contributed by atoms with Crippen molar-refractivity contribution in [3.63, 3.8) is 0 Å². The summed E-state index contributed by atoms with van der Waals surface area (Å²) < 4.78 is 0. The molecule has 0 amide bonds. The van der Waals surface area contributed by atoms with Crippen LogP contribution in [0.15, 0.2) is 24.5 Å². The standard InChI is InChI=1S/C12H14N2OS/c1-9(2)7-11(16-8-13)12(15)10-3-5-14-6-4-10/h3-6,9,11H,7H2,1-2H3.